The minimum Gasteiger partial charge on any atom is -0.0651 e. The van der Waals surface area contributed by atoms with Crippen molar-refractivity contribution in [3.05, 3.63) is 0 Å². The molecule has 0 aromatic rings. The highest BCUT2D eigenvalue weighted by Gasteiger charge is 2.15. The Morgan fingerprint density at radius 3 is 2.55 bits per heavy atom. The van der Waals surface area contributed by atoms with Crippen LogP contribution in [0.15, 0.2) is 0 Å². The zero-order valence-corrected chi connectivity index (χ0v) is 9.52. The summed E-state index contributed by atoms with van der Waals surface area (Å²) in [4.78, 5) is 0. The van der Waals surface area contributed by atoms with Crippen molar-refractivity contribution in [2.45, 2.75) is 57.5 Å². The maximum Gasteiger partial charge on any atom is 0.0234 e. The van der Waals surface area contributed by atoms with Crippen LogP contribution < -0.4 is 0 Å². The van der Waals surface area contributed by atoms with E-state index in [0.717, 1.165) is 5.92 Å². The van der Waals surface area contributed by atoms with Crippen LogP contribution in [0.25, 0.3) is 0 Å². The van der Waals surface area contributed by atoms with Gasteiger partial charge in [0.15, 0.2) is 0 Å². The van der Waals surface area contributed by atoms with E-state index in [4.69, 9.17) is 0 Å². The molecule has 0 N–H and O–H groups in total. The van der Waals surface area contributed by atoms with Gasteiger partial charge in [-0.25, -0.2) is 0 Å². The first-order valence-electron chi connectivity index (χ1n) is 5.33. The molecular formula is C10H22Si. The third-order valence-electron chi connectivity index (χ3n) is 3.24. The first-order valence-corrected chi connectivity index (χ1v) is 7.14. The predicted octanol–water partition coefficient (Wildman–Crippen LogP) is 2.98. The molecule has 1 unspecified atom stereocenters. The molecule has 0 amide bonds. The van der Waals surface area contributed by atoms with Crippen molar-refractivity contribution >= 4 is 9.52 Å². The number of rotatable bonds is 4. The summed E-state index contributed by atoms with van der Waals surface area (Å²) in [5.41, 5.74) is 1.24. The predicted molar refractivity (Wildman–Crippen MR) is 55.0 cm³/mol. The Balaban J connectivity index is 2.01. The third kappa shape index (κ3) is 3.41. The molecule has 0 aromatic carbocycles. The molecule has 0 nitrogen and oxygen atoms in total. The van der Waals surface area contributed by atoms with Crippen LogP contribution in [-0.4, -0.2) is 9.52 Å². The molecule has 1 aliphatic carbocycles. The first kappa shape index (κ1) is 9.31. The Kier molecular flexibility index (Phi) is 4.20. The minimum absolute atomic E-state index is 0.329. The molecular weight excluding hydrogens is 148 g/mol. The first-order chi connectivity index (χ1) is 5.33. The highest BCUT2D eigenvalue weighted by Crippen LogP contribution is 2.30. The van der Waals surface area contributed by atoms with Crippen molar-refractivity contribution in [3.63, 3.8) is 0 Å². The van der Waals surface area contributed by atoms with E-state index in [9.17, 15) is 0 Å². The second-order valence-corrected chi connectivity index (χ2v) is 6.55. The summed E-state index contributed by atoms with van der Waals surface area (Å²) in [5.74, 6) is 1.03. The van der Waals surface area contributed by atoms with Gasteiger partial charge in [0.2, 0.25) is 0 Å². The molecule has 1 atom stereocenters. The summed E-state index contributed by atoms with van der Waals surface area (Å²) in [6.45, 7) is 4.75. The van der Waals surface area contributed by atoms with Crippen LogP contribution in [0.2, 0.25) is 11.6 Å². The fourth-order valence-corrected chi connectivity index (χ4v) is 4.63. The Morgan fingerprint density at radius 2 is 2.00 bits per heavy atom. The van der Waals surface area contributed by atoms with Crippen molar-refractivity contribution in [2.75, 3.05) is 0 Å². The lowest BCUT2D eigenvalue weighted by molar-refractivity contribution is 0.617. The molecule has 1 saturated carbocycles. The molecule has 0 spiro atoms. The SMILES string of the molecule is CCC(C)C[SiH2]C1CCCC1. The highest BCUT2D eigenvalue weighted by molar-refractivity contribution is 6.37. The van der Waals surface area contributed by atoms with E-state index >= 15 is 0 Å². The zero-order valence-electron chi connectivity index (χ0n) is 8.10. The minimum atomic E-state index is 0.329. The van der Waals surface area contributed by atoms with Crippen molar-refractivity contribution in [3.8, 4) is 0 Å². The van der Waals surface area contributed by atoms with Crippen molar-refractivity contribution in [1.29, 1.82) is 0 Å². The second-order valence-electron chi connectivity index (χ2n) is 4.24. The van der Waals surface area contributed by atoms with Gasteiger partial charge in [-0.15, -0.1) is 0 Å². The standard InChI is InChI=1S/C10H22Si/c1-3-9(2)8-11-10-6-4-5-7-10/h9-10H,3-8,11H2,1-2H3. The lowest BCUT2D eigenvalue weighted by Gasteiger charge is -2.11. The van der Waals surface area contributed by atoms with Crippen LogP contribution in [0.1, 0.15) is 46.0 Å². The summed E-state index contributed by atoms with van der Waals surface area (Å²) in [7, 11) is 0.329. The summed E-state index contributed by atoms with van der Waals surface area (Å²) < 4.78 is 0. The lowest BCUT2D eigenvalue weighted by atomic mass is 10.2. The van der Waals surface area contributed by atoms with Gasteiger partial charge in [-0.1, -0.05) is 57.5 Å². The number of hydrogen-bond donors (Lipinski definition) is 0. The molecule has 0 radical (unpaired) electrons. The van der Waals surface area contributed by atoms with Crippen LogP contribution in [0, 0.1) is 5.92 Å². The Hall–Kier alpha value is 0.217. The molecule has 1 aliphatic rings. The van der Waals surface area contributed by atoms with Gasteiger partial charge in [0.25, 0.3) is 0 Å². The summed E-state index contributed by atoms with van der Waals surface area (Å²) in [6, 6.07) is 1.61. The Morgan fingerprint density at radius 1 is 1.36 bits per heavy atom. The van der Waals surface area contributed by atoms with Gasteiger partial charge in [0.1, 0.15) is 0 Å². The van der Waals surface area contributed by atoms with Crippen LogP contribution in [0.4, 0.5) is 0 Å². The third-order valence-corrected chi connectivity index (χ3v) is 6.19. The van der Waals surface area contributed by atoms with E-state index in [1.54, 1.807) is 18.9 Å². The van der Waals surface area contributed by atoms with Gasteiger partial charge in [0, 0.05) is 9.52 Å². The fraction of sp³-hybridized carbons (Fsp3) is 1.00. The van der Waals surface area contributed by atoms with Gasteiger partial charge in [-0.3, -0.25) is 0 Å². The second kappa shape index (κ2) is 4.97. The van der Waals surface area contributed by atoms with E-state index < -0.39 is 0 Å². The average molecular weight is 170 g/mol. The molecule has 1 fully saturated rings. The molecule has 1 heteroatoms. The van der Waals surface area contributed by atoms with Crippen molar-refractivity contribution in [1.82, 2.24) is 0 Å². The van der Waals surface area contributed by atoms with E-state index in [0.29, 0.717) is 9.52 Å². The molecule has 1 rings (SSSR count). The van der Waals surface area contributed by atoms with Crippen molar-refractivity contribution < 1.29 is 0 Å². The van der Waals surface area contributed by atoms with Crippen LogP contribution in [0.3, 0.4) is 0 Å². The Bertz CT molecular complexity index is 95.0. The smallest absolute Gasteiger partial charge is 0.0234 e. The normalized spacial score (nSPS) is 23.5. The summed E-state index contributed by atoms with van der Waals surface area (Å²) >= 11 is 0. The van der Waals surface area contributed by atoms with E-state index in [2.05, 4.69) is 13.8 Å². The maximum atomic E-state index is 2.42. The van der Waals surface area contributed by atoms with Gasteiger partial charge < -0.3 is 0 Å². The van der Waals surface area contributed by atoms with Gasteiger partial charge in [-0.05, 0) is 5.92 Å². The molecule has 0 heterocycles. The van der Waals surface area contributed by atoms with Gasteiger partial charge in [0.05, 0.1) is 0 Å². The molecule has 0 saturated heterocycles. The van der Waals surface area contributed by atoms with Crippen LogP contribution in [-0.2, 0) is 0 Å². The molecule has 0 aliphatic heterocycles. The van der Waals surface area contributed by atoms with E-state index in [1.807, 2.05) is 0 Å². The van der Waals surface area contributed by atoms with E-state index in [1.165, 1.54) is 24.8 Å². The number of hydrogen-bond acceptors (Lipinski definition) is 0. The topological polar surface area (TPSA) is 0 Å². The molecule has 11 heavy (non-hydrogen) atoms. The average Bonchev–Trinajstić information content (AvgIpc) is 2.52. The van der Waals surface area contributed by atoms with Crippen molar-refractivity contribution in [2.24, 2.45) is 5.92 Å². The lowest BCUT2D eigenvalue weighted by Crippen LogP contribution is -2.03. The molecule has 66 valence electrons. The monoisotopic (exact) mass is 170 g/mol. The van der Waals surface area contributed by atoms with Gasteiger partial charge >= 0.3 is 0 Å². The summed E-state index contributed by atoms with van der Waals surface area (Å²) in [6.07, 6.45) is 7.65. The van der Waals surface area contributed by atoms with E-state index in [-0.39, 0.29) is 0 Å². The maximum absolute atomic E-state index is 2.42. The largest absolute Gasteiger partial charge is 0.0651 e. The quantitative estimate of drug-likeness (QED) is 0.569. The molecule has 0 aromatic heterocycles. The van der Waals surface area contributed by atoms with Crippen LogP contribution >= 0.6 is 0 Å². The zero-order chi connectivity index (χ0) is 8.10. The Labute approximate surface area is 73.6 Å². The fourth-order valence-electron chi connectivity index (χ4n) is 2.02. The summed E-state index contributed by atoms with van der Waals surface area (Å²) in [5, 5.41) is 0. The van der Waals surface area contributed by atoms with Gasteiger partial charge in [-0.2, -0.15) is 0 Å². The molecule has 0 bridgehead atoms. The van der Waals surface area contributed by atoms with Crippen LogP contribution in [0.5, 0.6) is 0 Å². The highest BCUT2D eigenvalue weighted by atomic mass is 28.2.